The van der Waals surface area contributed by atoms with Gasteiger partial charge in [-0.1, -0.05) is 36.4 Å². The Morgan fingerprint density at radius 1 is 1.07 bits per heavy atom. The third-order valence-corrected chi connectivity index (χ3v) is 6.03. The monoisotopic (exact) mass is 403 g/mol. The van der Waals surface area contributed by atoms with E-state index in [1.807, 2.05) is 30.4 Å². The smallest absolute Gasteiger partial charge is 0.199 e. The summed E-state index contributed by atoms with van der Waals surface area (Å²) in [5.41, 5.74) is 3.97. The van der Waals surface area contributed by atoms with Gasteiger partial charge < -0.3 is 10.2 Å². The van der Waals surface area contributed by atoms with Gasteiger partial charge in [0.05, 0.1) is 11.7 Å². The van der Waals surface area contributed by atoms with Crippen LogP contribution in [0.15, 0.2) is 60.8 Å². The number of hydrogen-bond acceptors (Lipinski definition) is 4. The summed E-state index contributed by atoms with van der Waals surface area (Å²) >= 11 is 0. The molecule has 30 heavy (non-hydrogen) atoms. The Balaban J connectivity index is 1.45. The van der Waals surface area contributed by atoms with Crippen LogP contribution in [0.5, 0.6) is 11.8 Å². The number of aromatic nitrogens is 2. The summed E-state index contributed by atoms with van der Waals surface area (Å²) in [6, 6.07) is 10.2. The van der Waals surface area contributed by atoms with Gasteiger partial charge in [-0.25, -0.2) is 4.39 Å². The highest BCUT2D eigenvalue weighted by Crippen LogP contribution is 2.54. The second-order valence-electron chi connectivity index (χ2n) is 7.74. The zero-order chi connectivity index (χ0) is 20.8. The number of rotatable bonds is 3. The molecule has 2 aromatic heterocycles. The zero-order valence-electron chi connectivity index (χ0n) is 16.5. The minimum atomic E-state index is -0.274. The van der Waals surface area contributed by atoms with Crippen LogP contribution in [0.2, 0.25) is 0 Å². The number of halogens is 1. The fourth-order valence-corrected chi connectivity index (χ4v) is 4.50. The van der Waals surface area contributed by atoms with Gasteiger partial charge in [0.15, 0.2) is 11.8 Å². The van der Waals surface area contributed by atoms with E-state index in [1.165, 1.54) is 16.7 Å². The Morgan fingerprint density at radius 2 is 1.90 bits per heavy atom. The molecule has 152 valence electrons. The molecule has 0 saturated heterocycles. The molecule has 0 amide bonds. The van der Waals surface area contributed by atoms with E-state index < -0.39 is 0 Å². The van der Waals surface area contributed by atoms with E-state index in [9.17, 15) is 14.6 Å². The largest absolute Gasteiger partial charge is 0.494 e. The van der Waals surface area contributed by atoms with Crippen LogP contribution >= 0.6 is 0 Å². The van der Waals surface area contributed by atoms with Gasteiger partial charge in [-0.15, -0.1) is 0 Å². The van der Waals surface area contributed by atoms with E-state index >= 15 is 0 Å². The molecule has 5 nitrogen and oxygen atoms in total. The van der Waals surface area contributed by atoms with Crippen molar-refractivity contribution in [3.05, 3.63) is 83.5 Å². The molecule has 0 aliphatic carbocycles. The van der Waals surface area contributed by atoms with E-state index in [2.05, 4.69) is 22.0 Å². The van der Waals surface area contributed by atoms with Crippen molar-refractivity contribution in [2.24, 2.45) is 7.05 Å². The van der Waals surface area contributed by atoms with Crippen molar-refractivity contribution >= 4 is 6.08 Å². The molecule has 2 unspecified atom stereocenters. The summed E-state index contributed by atoms with van der Waals surface area (Å²) in [6.45, 7) is 0.753. The Hall–Kier alpha value is -3.38. The van der Waals surface area contributed by atoms with Gasteiger partial charge in [0.25, 0.3) is 0 Å². The van der Waals surface area contributed by atoms with Crippen LogP contribution in [0, 0.1) is 5.82 Å². The standard InChI is InChI=1S/C24H22FN3O2/c1-27-23(29)21-19-7-2-3-12-28(19)20(22(21)24(27)30)11-10-18-9-8-16(14-26-18)15-5-4-6-17(25)13-15/h2-6,8-11,13-14,19-20,29-30H,7,12H2,1H3/b11-10+. The summed E-state index contributed by atoms with van der Waals surface area (Å²) in [7, 11) is 1.67. The molecule has 2 N–H and O–H groups in total. The fourth-order valence-electron chi connectivity index (χ4n) is 4.50. The Bertz CT molecular complexity index is 1160. The van der Waals surface area contributed by atoms with E-state index in [0.717, 1.165) is 40.9 Å². The van der Waals surface area contributed by atoms with Crippen LogP contribution in [0.4, 0.5) is 4.39 Å². The lowest BCUT2D eigenvalue weighted by Gasteiger charge is -2.30. The summed E-state index contributed by atoms with van der Waals surface area (Å²) in [5, 5.41) is 21.1. The number of benzene rings is 1. The van der Waals surface area contributed by atoms with Gasteiger partial charge in [-0.05, 0) is 36.3 Å². The molecular formula is C24H22FN3O2. The predicted octanol–water partition coefficient (Wildman–Crippen LogP) is 4.71. The topological polar surface area (TPSA) is 61.5 Å². The predicted molar refractivity (Wildman–Crippen MR) is 113 cm³/mol. The Labute approximate surface area is 174 Å². The summed E-state index contributed by atoms with van der Waals surface area (Å²) in [4.78, 5) is 6.76. The minimum Gasteiger partial charge on any atom is -0.494 e. The lowest BCUT2D eigenvalue weighted by Crippen LogP contribution is -2.28. The molecule has 0 bridgehead atoms. The molecule has 1 aromatic carbocycles. The van der Waals surface area contributed by atoms with Crippen molar-refractivity contribution in [2.75, 3.05) is 6.54 Å². The van der Waals surface area contributed by atoms with Crippen LogP contribution in [0.1, 0.15) is 35.3 Å². The first-order chi connectivity index (χ1) is 14.5. The van der Waals surface area contributed by atoms with Crippen LogP contribution in [0.3, 0.4) is 0 Å². The molecule has 0 radical (unpaired) electrons. The molecule has 0 spiro atoms. The molecule has 3 aromatic rings. The SMILES string of the molecule is Cn1c(O)c2c(c1O)C1CC=CCN1C2/C=C/c1ccc(-c2cccc(F)c2)cn1. The average molecular weight is 403 g/mol. The van der Waals surface area contributed by atoms with E-state index in [0.29, 0.717) is 0 Å². The molecule has 0 saturated carbocycles. The van der Waals surface area contributed by atoms with E-state index in [1.54, 1.807) is 19.3 Å². The van der Waals surface area contributed by atoms with Crippen molar-refractivity contribution in [2.45, 2.75) is 18.5 Å². The molecule has 5 rings (SSSR count). The number of pyridine rings is 1. The maximum absolute atomic E-state index is 13.5. The van der Waals surface area contributed by atoms with Gasteiger partial charge in [-0.3, -0.25) is 14.5 Å². The first kappa shape index (κ1) is 18.6. The van der Waals surface area contributed by atoms with Gasteiger partial charge in [-0.2, -0.15) is 0 Å². The zero-order valence-corrected chi connectivity index (χ0v) is 16.5. The maximum Gasteiger partial charge on any atom is 0.199 e. The van der Waals surface area contributed by atoms with Crippen LogP contribution < -0.4 is 0 Å². The molecule has 0 fully saturated rings. The normalized spacial score (nSPS) is 20.6. The van der Waals surface area contributed by atoms with Crippen molar-refractivity contribution in [1.82, 2.24) is 14.5 Å². The second-order valence-corrected chi connectivity index (χ2v) is 7.74. The third kappa shape index (κ3) is 2.92. The quantitative estimate of drug-likeness (QED) is 0.622. The van der Waals surface area contributed by atoms with Gasteiger partial charge >= 0.3 is 0 Å². The van der Waals surface area contributed by atoms with Gasteiger partial charge in [0.2, 0.25) is 0 Å². The van der Waals surface area contributed by atoms with Crippen molar-refractivity contribution in [3.8, 4) is 22.9 Å². The van der Waals surface area contributed by atoms with Crippen molar-refractivity contribution in [1.29, 1.82) is 0 Å². The summed E-state index contributed by atoms with van der Waals surface area (Å²) in [6.07, 6.45) is 10.7. The highest BCUT2D eigenvalue weighted by Gasteiger charge is 2.43. The Morgan fingerprint density at radius 3 is 2.67 bits per heavy atom. The van der Waals surface area contributed by atoms with Crippen LogP contribution in [-0.2, 0) is 7.05 Å². The summed E-state index contributed by atoms with van der Waals surface area (Å²) in [5.74, 6) is -0.0493. The van der Waals surface area contributed by atoms with Gasteiger partial charge in [0.1, 0.15) is 5.82 Å². The fraction of sp³-hybridized carbons (Fsp3) is 0.208. The molecule has 4 heterocycles. The Kier molecular flexibility index (Phi) is 4.44. The van der Waals surface area contributed by atoms with Crippen LogP contribution in [0.25, 0.3) is 17.2 Å². The molecule has 6 heteroatoms. The molecular weight excluding hydrogens is 381 g/mol. The lowest BCUT2D eigenvalue weighted by atomic mass is 10.0. The molecule has 2 atom stereocenters. The maximum atomic E-state index is 13.5. The first-order valence-electron chi connectivity index (χ1n) is 9.96. The first-order valence-corrected chi connectivity index (χ1v) is 9.96. The highest BCUT2D eigenvalue weighted by molar-refractivity contribution is 5.64. The second kappa shape index (κ2) is 7.15. The molecule has 2 aliphatic heterocycles. The van der Waals surface area contributed by atoms with Gasteiger partial charge in [0, 0.05) is 42.5 Å². The number of aromatic hydroxyl groups is 2. The van der Waals surface area contributed by atoms with E-state index in [-0.39, 0.29) is 29.7 Å². The number of fused-ring (bicyclic) bond motifs is 3. The highest BCUT2D eigenvalue weighted by atomic mass is 19.1. The summed E-state index contributed by atoms with van der Waals surface area (Å²) < 4.78 is 14.9. The molecule has 2 aliphatic rings. The van der Waals surface area contributed by atoms with Crippen molar-refractivity contribution in [3.63, 3.8) is 0 Å². The third-order valence-electron chi connectivity index (χ3n) is 6.03. The van der Waals surface area contributed by atoms with Crippen LogP contribution in [-0.4, -0.2) is 31.2 Å². The number of hydrogen-bond donors (Lipinski definition) is 2. The minimum absolute atomic E-state index is 0.0510. The number of nitrogens with zero attached hydrogens (tertiary/aromatic N) is 3. The lowest BCUT2D eigenvalue weighted by molar-refractivity contribution is 0.195. The van der Waals surface area contributed by atoms with E-state index in [4.69, 9.17) is 0 Å². The van der Waals surface area contributed by atoms with Crippen molar-refractivity contribution < 1.29 is 14.6 Å². The average Bonchev–Trinajstić information content (AvgIpc) is 3.21.